The smallest absolute Gasteiger partial charge is 0.340 e. The van der Waals surface area contributed by atoms with Crippen LogP contribution in [0.15, 0.2) is 12.1 Å². The van der Waals surface area contributed by atoms with Crippen molar-refractivity contribution in [3.63, 3.8) is 0 Å². The van der Waals surface area contributed by atoms with Gasteiger partial charge in [0.2, 0.25) is 0 Å². The number of aryl methyl sites for hydroxylation is 1. The van der Waals surface area contributed by atoms with Gasteiger partial charge in [0.25, 0.3) is 0 Å². The van der Waals surface area contributed by atoms with Crippen LogP contribution in [0.3, 0.4) is 0 Å². The molecule has 2 aliphatic carbocycles. The minimum atomic E-state index is -0.377. The first kappa shape index (κ1) is 13.3. The van der Waals surface area contributed by atoms with Crippen molar-refractivity contribution < 1.29 is 9.53 Å². The minimum Gasteiger partial charge on any atom is -0.465 e. The Bertz CT molecular complexity index is 546. The topological polar surface area (TPSA) is 64.3 Å². The molecule has 1 aromatic carbocycles. The monoisotopic (exact) mass is 274 g/mol. The van der Waals surface area contributed by atoms with Crippen molar-refractivity contribution >= 4 is 17.3 Å². The highest BCUT2D eigenvalue weighted by molar-refractivity contribution is 5.97. The second kappa shape index (κ2) is 4.69. The lowest BCUT2D eigenvalue weighted by Gasteiger charge is -2.17. The van der Waals surface area contributed by atoms with Crippen LogP contribution in [0.1, 0.15) is 41.6 Å². The van der Waals surface area contributed by atoms with Crippen LogP contribution in [0.4, 0.5) is 11.4 Å². The maximum Gasteiger partial charge on any atom is 0.340 e. The molecule has 108 valence electrons. The third-order valence-corrected chi connectivity index (χ3v) is 4.77. The Labute approximate surface area is 119 Å². The molecule has 3 N–H and O–H groups in total. The molecule has 0 aromatic heterocycles. The summed E-state index contributed by atoms with van der Waals surface area (Å²) in [4.78, 5) is 11.7. The fourth-order valence-corrected chi connectivity index (χ4v) is 3.04. The maximum absolute atomic E-state index is 11.7. The zero-order valence-corrected chi connectivity index (χ0v) is 12.2. The number of esters is 1. The zero-order valence-electron chi connectivity index (χ0n) is 12.2. The molecule has 0 unspecified atom stereocenters. The Morgan fingerprint density at radius 2 is 2.15 bits per heavy atom. The number of hydrogen-bond donors (Lipinski definition) is 2. The molecule has 0 bridgehead atoms. The van der Waals surface area contributed by atoms with E-state index in [4.69, 9.17) is 10.5 Å². The fraction of sp³-hybridized carbons (Fsp3) is 0.562. The zero-order chi connectivity index (χ0) is 14.3. The highest BCUT2D eigenvalue weighted by atomic mass is 16.5. The standard InChI is InChI=1S/C16H22N2O2/c1-10-7-12(8-13(14(10)17)15(19)20-2)18-9-16(5-6-16)11-3-4-11/h7-8,11,18H,3-6,9,17H2,1-2H3. The number of anilines is 2. The number of carbonyl (C=O) groups excluding carboxylic acids is 1. The van der Waals surface area contributed by atoms with Gasteiger partial charge >= 0.3 is 5.97 Å². The predicted molar refractivity (Wildman–Crippen MR) is 79.8 cm³/mol. The van der Waals surface area contributed by atoms with Gasteiger partial charge in [-0.1, -0.05) is 0 Å². The quantitative estimate of drug-likeness (QED) is 0.640. The van der Waals surface area contributed by atoms with Gasteiger partial charge in [-0.2, -0.15) is 0 Å². The van der Waals surface area contributed by atoms with E-state index in [1.165, 1.54) is 32.8 Å². The molecule has 2 saturated carbocycles. The third-order valence-electron chi connectivity index (χ3n) is 4.77. The van der Waals surface area contributed by atoms with Crippen molar-refractivity contribution in [2.75, 3.05) is 24.7 Å². The van der Waals surface area contributed by atoms with Gasteiger partial charge in [-0.3, -0.25) is 0 Å². The summed E-state index contributed by atoms with van der Waals surface area (Å²) in [6.07, 6.45) is 5.44. The van der Waals surface area contributed by atoms with Crippen molar-refractivity contribution in [2.45, 2.75) is 32.6 Å². The maximum atomic E-state index is 11.7. The SMILES string of the molecule is COC(=O)c1cc(NCC2(C3CC3)CC2)cc(C)c1N. The Hall–Kier alpha value is -1.71. The average Bonchev–Trinajstić information content (AvgIpc) is 3.30. The summed E-state index contributed by atoms with van der Waals surface area (Å²) in [5.74, 6) is 0.544. The number of rotatable bonds is 5. The summed E-state index contributed by atoms with van der Waals surface area (Å²) in [7, 11) is 1.38. The van der Waals surface area contributed by atoms with Crippen LogP contribution in [-0.4, -0.2) is 19.6 Å². The number of nitrogens with two attached hydrogens (primary N) is 1. The molecule has 0 saturated heterocycles. The molecular weight excluding hydrogens is 252 g/mol. The summed E-state index contributed by atoms with van der Waals surface area (Å²) in [6.45, 7) is 2.92. The summed E-state index contributed by atoms with van der Waals surface area (Å²) >= 11 is 0. The van der Waals surface area contributed by atoms with Crippen molar-refractivity contribution in [1.82, 2.24) is 0 Å². The molecule has 4 heteroatoms. The van der Waals surface area contributed by atoms with E-state index >= 15 is 0 Å². The molecular formula is C16H22N2O2. The van der Waals surface area contributed by atoms with Crippen LogP contribution in [0.25, 0.3) is 0 Å². The number of ether oxygens (including phenoxy) is 1. The second-order valence-corrected chi connectivity index (χ2v) is 6.24. The average molecular weight is 274 g/mol. The highest BCUT2D eigenvalue weighted by Crippen LogP contribution is 2.61. The highest BCUT2D eigenvalue weighted by Gasteiger charge is 2.53. The Balaban J connectivity index is 1.76. The number of methoxy groups -OCH3 is 1. The van der Waals surface area contributed by atoms with Gasteiger partial charge in [0.05, 0.1) is 12.7 Å². The van der Waals surface area contributed by atoms with Crippen LogP contribution < -0.4 is 11.1 Å². The van der Waals surface area contributed by atoms with E-state index in [0.717, 1.165) is 23.7 Å². The molecule has 3 rings (SSSR count). The molecule has 2 aliphatic rings. The fourth-order valence-electron chi connectivity index (χ4n) is 3.04. The molecule has 0 amide bonds. The summed E-state index contributed by atoms with van der Waals surface area (Å²) in [5.41, 5.74) is 9.31. The molecule has 0 atom stereocenters. The normalized spacial score (nSPS) is 19.5. The number of nitrogen functional groups attached to an aromatic ring is 1. The van der Waals surface area contributed by atoms with Gasteiger partial charge in [0.1, 0.15) is 0 Å². The van der Waals surface area contributed by atoms with E-state index in [-0.39, 0.29) is 5.97 Å². The van der Waals surface area contributed by atoms with Crippen molar-refractivity contribution in [2.24, 2.45) is 11.3 Å². The first-order valence-electron chi connectivity index (χ1n) is 7.28. The predicted octanol–water partition coefficient (Wildman–Crippen LogP) is 2.97. The Kier molecular flexibility index (Phi) is 3.11. The lowest BCUT2D eigenvalue weighted by molar-refractivity contribution is 0.0602. The molecule has 20 heavy (non-hydrogen) atoms. The van der Waals surface area contributed by atoms with Crippen molar-refractivity contribution in [3.8, 4) is 0 Å². The summed E-state index contributed by atoms with van der Waals surface area (Å²) in [5, 5.41) is 3.49. The van der Waals surface area contributed by atoms with E-state index in [1.54, 1.807) is 6.07 Å². The first-order chi connectivity index (χ1) is 9.55. The molecule has 2 fully saturated rings. The number of carbonyl (C=O) groups is 1. The summed E-state index contributed by atoms with van der Waals surface area (Å²) in [6, 6.07) is 3.81. The first-order valence-corrected chi connectivity index (χ1v) is 7.28. The molecule has 0 spiro atoms. The lowest BCUT2D eigenvalue weighted by Crippen LogP contribution is -2.18. The van der Waals surface area contributed by atoms with E-state index in [2.05, 4.69) is 5.32 Å². The minimum absolute atomic E-state index is 0.377. The van der Waals surface area contributed by atoms with Gasteiger partial charge in [-0.15, -0.1) is 0 Å². The van der Waals surface area contributed by atoms with Gasteiger partial charge in [0.15, 0.2) is 0 Å². The number of nitrogens with one attached hydrogen (secondary N) is 1. The van der Waals surface area contributed by atoms with E-state index in [1.807, 2.05) is 13.0 Å². The van der Waals surface area contributed by atoms with Crippen LogP contribution in [0, 0.1) is 18.3 Å². The van der Waals surface area contributed by atoms with Crippen LogP contribution in [0.5, 0.6) is 0 Å². The lowest BCUT2D eigenvalue weighted by atomic mass is 10.00. The number of benzene rings is 1. The Morgan fingerprint density at radius 1 is 1.45 bits per heavy atom. The van der Waals surface area contributed by atoms with Gasteiger partial charge in [-0.25, -0.2) is 4.79 Å². The molecule has 0 radical (unpaired) electrons. The van der Waals surface area contributed by atoms with E-state index < -0.39 is 0 Å². The summed E-state index contributed by atoms with van der Waals surface area (Å²) < 4.78 is 4.79. The van der Waals surface area contributed by atoms with Crippen LogP contribution >= 0.6 is 0 Å². The largest absolute Gasteiger partial charge is 0.465 e. The third kappa shape index (κ3) is 2.35. The van der Waals surface area contributed by atoms with Crippen molar-refractivity contribution in [1.29, 1.82) is 0 Å². The molecule has 0 aliphatic heterocycles. The van der Waals surface area contributed by atoms with Crippen LogP contribution in [0.2, 0.25) is 0 Å². The Morgan fingerprint density at radius 3 is 2.70 bits per heavy atom. The van der Waals surface area contributed by atoms with E-state index in [9.17, 15) is 4.79 Å². The molecule has 0 heterocycles. The van der Waals surface area contributed by atoms with Gasteiger partial charge < -0.3 is 15.8 Å². The van der Waals surface area contributed by atoms with Gasteiger partial charge in [-0.05, 0) is 61.6 Å². The number of hydrogen-bond acceptors (Lipinski definition) is 4. The molecule has 1 aromatic rings. The molecule has 4 nitrogen and oxygen atoms in total. The van der Waals surface area contributed by atoms with Crippen LogP contribution in [-0.2, 0) is 4.74 Å². The van der Waals surface area contributed by atoms with E-state index in [0.29, 0.717) is 16.7 Å². The second-order valence-electron chi connectivity index (χ2n) is 6.24. The van der Waals surface area contributed by atoms with Gasteiger partial charge in [0, 0.05) is 17.9 Å². The van der Waals surface area contributed by atoms with Crippen molar-refractivity contribution in [3.05, 3.63) is 23.3 Å².